The van der Waals surface area contributed by atoms with Gasteiger partial charge in [0.05, 0.1) is 12.2 Å². The zero-order valence-corrected chi connectivity index (χ0v) is 18.3. The second-order valence-corrected chi connectivity index (χ2v) is 13.1. The molecule has 0 atom stereocenters. The van der Waals surface area contributed by atoms with E-state index < -0.39 is 8.32 Å². The van der Waals surface area contributed by atoms with E-state index in [2.05, 4.69) is 33.9 Å². The maximum Gasteiger partial charge on any atom is 0.192 e. The second-order valence-electron chi connectivity index (χ2n) is 7.83. The van der Waals surface area contributed by atoms with Gasteiger partial charge in [-0.05, 0) is 60.6 Å². The molecule has 0 aliphatic heterocycles. The summed E-state index contributed by atoms with van der Waals surface area (Å²) in [5.41, 5.74) is 0.408. The average molecular weight is 407 g/mol. The lowest BCUT2D eigenvalue weighted by atomic mass is 10.2. The van der Waals surface area contributed by atoms with Crippen LogP contribution in [0.15, 0.2) is 42.5 Å². The summed E-state index contributed by atoms with van der Waals surface area (Å²) in [4.78, 5) is 11.1. The first kappa shape index (κ1) is 21.5. The highest BCUT2D eigenvalue weighted by Gasteiger charge is 2.36. The van der Waals surface area contributed by atoms with Crippen LogP contribution in [0.1, 0.15) is 31.1 Å². The van der Waals surface area contributed by atoms with Gasteiger partial charge in [0, 0.05) is 5.02 Å². The fraction of sp³-hybridized carbons (Fsp3) is 0.381. The van der Waals surface area contributed by atoms with Crippen molar-refractivity contribution >= 4 is 26.2 Å². The van der Waals surface area contributed by atoms with E-state index in [0.717, 1.165) is 12.0 Å². The highest BCUT2D eigenvalue weighted by atomic mass is 35.5. The Morgan fingerprint density at radius 1 is 1.00 bits per heavy atom. The van der Waals surface area contributed by atoms with E-state index in [1.165, 1.54) is 0 Å². The number of ether oxygens (including phenoxy) is 2. The number of aldehydes is 1. The van der Waals surface area contributed by atoms with Gasteiger partial charge < -0.3 is 13.9 Å². The van der Waals surface area contributed by atoms with Crippen LogP contribution in [0.2, 0.25) is 23.2 Å². The highest BCUT2D eigenvalue weighted by molar-refractivity contribution is 6.74. The van der Waals surface area contributed by atoms with Crippen molar-refractivity contribution in [3.8, 4) is 17.2 Å². The Hall–Kier alpha value is -1.82. The van der Waals surface area contributed by atoms with E-state index in [9.17, 15) is 4.79 Å². The van der Waals surface area contributed by atoms with Crippen molar-refractivity contribution in [3.05, 3.63) is 53.1 Å². The third-order valence-electron chi connectivity index (χ3n) is 4.77. The van der Waals surface area contributed by atoms with Gasteiger partial charge in [-0.1, -0.05) is 32.4 Å². The van der Waals surface area contributed by atoms with Gasteiger partial charge in [0.15, 0.2) is 14.6 Å². The van der Waals surface area contributed by atoms with Gasteiger partial charge in [-0.15, -0.1) is 0 Å². The van der Waals surface area contributed by atoms with Gasteiger partial charge in [0.2, 0.25) is 0 Å². The SMILES string of the molecule is CC(C)(C)[Si](C)(C)OCCOc1ccc(Oc2ccc(Cl)cc2C=O)cc1. The number of carbonyl (C=O) groups is 1. The summed E-state index contributed by atoms with van der Waals surface area (Å²) in [5.74, 6) is 1.82. The fourth-order valence-corrected chi connectivity index (χ4v) is 3.32. The molecule has 2 aromatic rings. The third kappa shape index (κ3) is 6.09. The Labute approximate surface area is 167 Å². The van der Waals surface area contributed by atoms with Gasteiger partial charge in [-0.25, -0.2) is 0 Å². The maximum absolute atomic E-state index is 11.1. The van der Waals surface area contributed by atoms with Crippen LogP contribution in [0.5, 0.6) is 17.2 Å². The van der Waals surface area contributed by atoms with Gasteiger partial charge in [-0.2, -0.15) is 0 Å². The molecule has 0 aromatic heterocycles. The number of halogens is 1. The number of benzene rings is 2. The quantitative estimate of drug-likeness (QED) is 0.291. The third-order valence-corrected chi connectivity index (χ3v) is 9.54. The summed E-state index contributed by atoms with van der Waals surface area (Å²) < 4.78 is 17.6. The van der Waals surface area contributed by atoms with E-state index in [-0.39, 0.29) is 5.04 Å². The second kappa shape index (κ2) is 8.91. The summed E-state index contributed by atoms with van der Waals surface area (Å²) in [5, 5.41) is 0.682. The lowest BCUT2D eigenvalue weighted by Crippen LogP contribution is -2.41. The van der Waals surface area contributed by atoms with Crippen molar-refractivity contribution < 1.29 is 18.7 Å². The average Bonchev–Trinajstić information content (AvgIpc) is 2.60. The Kier molecular flexibility index (Phi) is 7.09. The molecule has 0 heterocycles. The van der Waals surface area contributed by atoms with Gasteiger partial charge in [-0.3, -0.25) is 4.79 Å². The molecule has 0 unspecified atom stereocenters. The standard InChI is InChI=1S/C21H27ClO4Si/c1-21(2,3)27(4,5)25-13-12-24-18-7-9-19(10-8-18)26-20-11-6-17(22)14-16(20)15-23/h6-11,14-15H,12-13H2,1-5H3. The fourth-order valence-electron chi connectivity index (χ4n) is 2.11. The van der Waals surface area contributed by atoms with Crippen LogP contribution in [0.3, 0.4) is 0 Å². The van der Waals surface area contributed by atoms with Crippen molar-refractivity contribution in [2.24, 2.45) is 0 Å². The van der Waals surface area contributed by atoms with Crippen molar-refractivity contribution in [1.29, 1.82) is 0 Å². The maximum atomic E-state index is 11.1. The molecule has 2 aromatic carbocycles. The largest absolute Gasteiger partial charge is 0.491 e. The Balaban J connectivity index is 1.88. The molecular formula is C21H27ClO4Si. The van der Waals surface area contributed by atoms with Crippen LogP contribution in [-0.2, 0) is 4.43 Å². The molecule has 0 bridgehead atoms. The van der Waals surface area contributed by atoms with Crippen molar-refractivity contribution in [3.63, 3.8) is 0 Å². The number of hydrogen-bond acceptors (Lipinski definition) is 4. The Bertz CT molecular complexity index is 767. The molecule has 27 heavy (non-hydrogen) atoms. The molecular weight excluding hydrogens is 380 g/mol. The molecule has 0 aliphatic carbocycles. The molecule has 0 radical (unpaired) electrons. The monoisotopic (exact) mass is 406 g/mol. The van der Waals surface area contributed by atoms with Crippen LogP contribution in [0.25, 0.3) is 0 Å². The minimum Gasteiger partial charge on any atom is -0.491 e. The lowest BCUT2D eigenvalue weighted by molar-refractivity contribution is 0.112. The molecule has 146 valence electrons. The van der Waals surface area contributed by atoms with Crippen LogP contribution < -0.4 is 9.47 Å². The normalized spacial score (nSPS) is 11.9. The summed E-state index contributed by atoms with van der Waals surface area (Å²) in [6.07, 6.45) is 0.723. The van der Waals surface area contributed by atoms with Gasteiger partial charge in [0.25, 0.3) is 0 Å². The number of hydrogen-bond donors (Lipinski definition) is 0. The molecule has 0 aliphatic rings. The van der Waals surface area contributed by atoms with E-state index in [0.29, 0.717) is 35.3 Å². The Morgan fingerprint density at radius 3 is 2.22 bits per heavy atom. The van der Waals surface area contributed by atoms with Crippen molar-refractivity contribution in [1.82, 2.24) is 0 Å². The first-order chi connectivity index (χ1) is 12.6. The molecule has 0 N–H and O–H groups in total. The topological polar surface area (TPSA) is 44.8 Å². The zero-order valence-electron chi connectivity index (χ0n) is 16.5. The molecule has 0 spiro atoms. The Morgan fingerprint density at radius 2 is 1.63 bits per heavy atom. The van der Waals surface area contributed by atoms with E-state index in [1.807, 2.05) is 12.1 Å². The highest BCUT2D eigenvalue weighted by Crippen LogP contribution is 2.36. The molecule has 4 nitrogen and oxygen atoms in total. The predicted octanol–water partition coefficient (Wildman–Crippen LogP) is 6.35. The lowest BCUT2D eigenvalue weighted by Gasteiger charge is -2.36. The van der Waals surface area contributed by atoms with Crippen LogP contribution >= 0.6 is 11.6 Å². The minimum atomic E-state index is -1.75. The smallest absolute Gasteiger partial charge is 0.192 e. The molecule has 6 heteroatoms. The van der Waals surface area contributed by atoms with E-state index >= 15 is 0 Å². The summed E-state index contributed by atoms with van der Waals surface area (Å²) in [6, 6.07) is 12.2. The van der Waals surface area contributed by atoms with Crippen LogP contribution in [0, 0.1) is 0 Å². The molecule has 0 saturated carbocycles. The van der Waals surface area contributed by atoms with E-state index in [4.69, 9.17) is 25.5 Å². The summed E-state index contributed by atoms with van der Waals surface area (Å²) >= 11 is 5.89. The van der Waals surface area contributed by atoms with Gasteiger partial charge >= 0.3 is 0 Å². The molecule has 0 fully saturated rings. The summed E-state index contributed by atoms with van der Waals surface area (Å²) in [6.45, 7) is 12.2. The molecule has 2 rings (SSSR count). The minimum absolute atomic E-state index is 0.189. The molecule has 0 saturated heterocycles. The first-order valence-corrected chi connectivity index (χ1v) is 12.2. The van der Waals surface area contributed by atoms with Gasteiger partial charge in [0.1, 0.15) is 23.9 Å². The number of carbonyl (C=O) groups excluding carboxylic acids is 1. The van der Waals surface area contributed by atoms with Crippen molar-refractivity contribution in [2.75, 3.05) is 13.2 Å². The van der Waals surface area contributed by atoms with E-state index in [1.54, 1.807) is 30.3 Å². The van der Waals surface area contributed by atoms with Crippen LogP contribution in [0.4, 0.5) is 0 Å². The first-order valence-electron chi connectivity index (χ1n) is 8.92. The summed E-state index contributed by atoms with van der Waals surface area (Å²) in [7, 11) is -1.75. The van der Waals surface area contributed by atoms with Crippen molar-refractivity contribution in [2.45, 2.75) is 38.9 Å². The number of rotatable bonds is 8. The predicted molar refractivity (Wildman–Crippen MR) is 112 cm³/mol. The zero-order chi connectivity index (χ0) is 20.1. The molecule has 0 amide bonds. The van der Waals surface area contributed by atoms with Crippen LogP contribution in [-0.4, -0.2) is 27.8 Å².